The molecule has 0 radical (unpaired) electrons. The van der Waals surface area contributed by atoms with Gasteiger partial charge in [0.15, 0.2) is 0 Å². The lowest BCUT2D eigenvalue weighted by Crippen LogP contribution is -2.48. The Labute approximate surface area is 213 Å². The van der Waals surface area contributed by atoms with Crippen LogP contribution in [0.15, 0.2) is 53.9 Å². The number of carbonyl (C=O) groups excluding carboxylic acids is 2. The highest BCUT2D eigenvalue weighted by molar-refractivity contribution is 7.15. The average Bonchev–Trinajstić information content (AvgIpc) is 3.28. The molecule has 0 atom stereocenters. The number of carbonyl (C=O) groups is 2. The maximum absolute atomic E-state index is 12.9. The Morgan fingerprint density at radius 2 is 1.78 bits per heavy atom. The number of nitrogens with one attached hydrogen (secondary N) is 1. The molecule has 10 heteroatoms. The smallest absolute Gasteiger partial charge is 0.341 e. The van der Waals surface area contributed by atoms with Gasteiger partial charge in [0.1, 0.15) is 16.3 Å². The number of amides is 1. The molecule has 0 aliphatic carbocycles. The first-order valence-corrected chi connectivity index (χ1v) is 12.6. The molecule has 0 unspecified atom stereocenters. The molecule has 0 bridgehead atoms. The molecule has 3 aromatic rings. The van der Waals surface area contributed by atoms with Crippen molar-refractivity contribution in [2.24, 2.45) is 0 Å². The molecule has 36 heavy (non-hydrogen) atoms. The second kappa shape index (κ2) is 11.3. The molecular weight excluding hydrogens is 480 g/mol. The third-order valence-corrected chi connectivity index (χ3v) is 6.94. The maximum Gasteiger partial charge on any atom is 0.341 e. The fourth-order valence-corrected chi connectivity index (χ4v) is 5.18. The van der Waals surface area contributed by atoms with Gasteiger partial charge >= 0.3 is 5.97 Å². The van der Waals surface area contributed by atoms with Crippen molar-refractivity contribution in [3.63, 3.8) is 0 Å². The average molecular weight is 509 g/mol. The van der Waals surface area contributed by atoms with Crippen molar-refractivity contribution in [3.8, 4) is 11.1 Å². The van der Waals surface area contributed by atoms with Gasteiger partial charge in [0.25, 0.3) is 5.69 Å². The minimum atomic E-state index is -0.470. The summed E-state index contributed by atoms with van der Waals surface area (Å²) in [6.07, 6.45) is 0. The van der Waals surface area contributed by atoms with E-state index in [0.717, 1.165) is 16.7 Å². The number of nitro benzene ring substituents is 1. The van der Waals surface area contributed by atoms with E-state index in [-0.39, 0.29) is 29.7 Å². The lowest BCUT2D eigenvalue weighted by molar-refractivity contribution is -0.384. The molecule has 9 nitrogen and oxygen atoms in total. The van der Waals surface area contributed by atoms with Gasteiger partial charge < -0.3 is 15.0 Å². The van der Waals surface area contributed by atoms with E-state index in [1.165, 1.54) is 17.4 Å². The van der Waals surface area contributed by atoms with Gasteiger partial charge in [0.05, 0.1) is 18.1 Å². The van der Waals surface area contributed by atoms with Crippen molar-refractivity contribution in [3.05, 3.63) is 75.2 Å². The number of thiophene rings is 1. The SMILES string of the molecule is CCOC(=O)c1c(-c2ccc(C)cc2)csc1NC(=O)CN1CCN(c2ccccc2[N+](=O)[O-])CC1. The van der Waals surface area contributed by atoms with Crippen LogP contribution in [0.4, 0.5) is 16.4 Å². The molecule has 1 N–H and O–H groups in total. The van der Waals surface area contributed by atoms with Crippen LogP contribution in [0, 0.1) is 17.0 Å². The van der Waals surface area contributed by atoms with Gasteiger partial charge in [-0.2, -0.15) is 0 Å². The first kappa shape index (κ1) is 25.3. The number of nitro groups is 1. The number of aryl methyl sites for hydroxylation is 1. The number of para-hydroxylation sites is 2. The zero-order valence-corrected chi connectivity index (χ0v) is 21.0. The van der Waals surface area contributed by atoms with Crippen molar-refractivity contribution < 1.29 is 19.2 Å². The number of hydrogen-bond acceptors (Lipinski definition) is 8. The largest absolute Gasteiger partial charge is 0.462 e. The highest BCUT2D eigenvalue weighted by Crippen LogP contribution is 2.36. The summed E-state index contributed by atoms with van der Waals surface area (Å²) in [5.74, 6) is -0.695. The summed E-state index contributed by atoms with van der Waals surface area (Å²) in [6.45, 7) is 6.45. The molecule has 1 saturated heterocycles. The quantitative estimate of drug-likeness (QED) is 0.270. The lowest BCUT2D eigenvalue weighted by Gasteiger charge is -2.35. The fourth-order valence-electron chi connectivity index (χ4n) is 4.20. The third-order valence-electron chi connectivity index (χ3n) is 6.04. The minimum absolute atomic E-state index is 0.0808. The summed E-state index contributed by atoms with van der Waals surface area (Å²) < 4.78 is 5.28. The fraction of sp³-hybridized carbons (Fsp3) is 0.308. The summed E-state index contributed by atoms with van der Waals surface area (Å²) in [5, 5.41) is 16.6. The van der Waals surface area contributed by atoms with Crippen LogP contribution >= 0.6 is 11.3 Å². The Bertz CT molecular complexity index is 1250. The van der Waals surface area contributed by atoms with Crippen LogP contribution in [0.1, 0.15) is 22.8 Å². The topological polar surface area (TPSA) is 105 Å². The molecular formula is C26H28N4O5S. The summed E-state index contributed by atoms with van der Waals surface area (Å²) in [7, 11) is 0. The van der Waals surface area contributed by atoms with E-state index >= 15 is 0 Å². The van der Waals surface area contributed by atoms with E-state index in [9.17, 15) is 19.7 Å². The van der Waals surface area contributed by atoms with Gasteiger partial charge in [-0.25, -0.2) is 4.79 Å². The van der Waals surface area contributed by atoms with Gasteiger partial charge in [0.2, 0.25) is 5.91 Å². The highest BCUT2D eigenvalue weighted by atomic mass is 32.1. The van der Waals surface area contributed by atoms with Crippen LogP contribution in [0.5, 0.6) is 0 Å². The first-order valence-electron chi connectivity index (χ1n) is 11.7. The van der Waals surface area contributed by atoms with Crippen LogP contribution in [0.3, 0.4) is 0 Å². The molecule has 188 valence electrons. The summed E-state index contributed by atoms with van der Waals surface area (Å²) in [4.78, 5) is 40.6. The standard InChI is InChI=1S/C26H28N4O5S/c1-3-35-26(32)24-20(19-10-8-18(2)9-11-19)17-36-25(24)27-23(31)16-28-12-14-29(15-13-28)21-6-4-5-7-22(21)30(33)34/h4-11,17H,3,12-16H2,1-2H3,(H,27,31). The van der Waals surface area contributed by atoms with Crippen LogP contribution < -0.4 is 10.2 Å². The van der Waals surface area contributed by atoms with Gasteiger partial charge in [-0.1, -0.05) is 42.0 Å². The molecule has 1 fully saturated rings. The number of ether oxygens (including phenoxy) is 1. The number of benzene rings is 2. The lowest BCUT2D eigenvalue weighted by atomic mass is 10.0. The van der Waals surface area contributed by atoms with Gasteiger partial charge in [-0.05, 0) is 25.5 Å². The monoisotopic (exact) mass is 508 g/mol. The zero-order chi connectivity index (χ0) is 25.7. The van der Waals surface area contributed by atoms with E-state index in [1.807, 2.05) is 46.4 Å². The molecule has 1 amide bonds. The van der Waals surface area contributed by atoms with E-state index in [0.29, 0.717) is 42.4 Å². The Hall–Kier alpha value is -3.76. The number of piperazine rings is 1. The normalized spacial score (nSPS) is 13.9. The van der Waals surface area contributed by atoms with Crippen LogP contribution in [0.25, 0.3) is 11.1 Å². The van der Waals surface area contributed by atoms with Gasteiger partial charge in [-0.3, -0.25) is 19.8 Å². The second-order valence-electron chi connectivity index (χ2n) is 8.50. The second-order valence-corrected chi connectivity index (χ2v) is 9.38. The molecule has 1 aliphatic heterocycles. The van der Waals surface area contributed by atoms with E-state index in [2.05, 4.69) is 5.32 Å². The molecule has 2 heterocycles. The van der Waals surface area contributed by atoms with E-state index < -0.39 is 5.97 Å². The highest BCUT2D eigenvalue weighted by Gasteiger charge is 2.26. The molecule has 2 aromatic carbocycles. The molecule has 0 saturated carbocycles. The molecule has 1 aliphatic rings. The number of rotatable bonds is 8. The van der Waals surface area contributed by atoms with Crippen molar-refractivity contribution in [2.75, 3.05) is 49.5 Å². The number of esters is 1. The summed E-state index contributed by atoms with van der Waals surface area (Å²) in [5.41, 5.74) is 3.76. The van der Waals surface area contributed by atoms with Crippen molar-refractivity contribution in [2.45, 2.75) is 13.8 Å². The predicted molar refractivity (Wildman–Crippen MR) is 141 cm³/mol. The maximum atomic E-state index is 12.9. The Kier molecular flexibility index (Phi) is 7.97. The number of hydrogen-bond donors (Lipinski definition) is 1. The molecule has 0 spiro atoms. The van der Waals surface area contributed by atoms with Crippen LogP contribution in [-0.2, 0) is 9.53 Å². The van der Waals surface area contributed by atoms with E-state index in [1.54, 1.807) is 25.1 Å². The molecule has 4 rings (SSSR count). The van der Waals surface area contributed by atoms with Gasteiger partial charge in [-0.15, -0.1) is 11.3 Å². The first-order chi connectivity index (χ1) is 17.4. The van der Waals surface area contributed by atoms with Crippen molar-refractivity contribution in [1.82, 2.24) is 4.90 Å². The predicted octanol–water partition coefficient (Wildman–Crippen LogP) is 4.57. The van der Waals surface area contributed by atoms with Gasteiger partial charge in [0, 0.05) is 43.2 Å². The Morgan fingerprint density at radius 3 is 2.44 bits per heavy atom. The Morgan fingerprint density at radius 1 is 1.08 bits per heavy atom. The third kappa shape index (κ3) is 5.72. The zero-order valence-electron chi connectivity index (χ0n) is 20.2. The summed E-state index contributed by atoms with van der Waals surface area (Å²) >= 11 is 1.30. The van der Waals surface area contributed by atoms with E-state index in [4.69, 9.17) is 4.74 Å². The number of nitrogens with zero attached hydrogens (tertiary/aromatic N) is 3. The summed E-state index contributed by atoms with van der Waals surface area (Å²) in [6, 6.07) is 14.5. The molecule has 1 aromatic heterocycles. The van der Waals surface area contributed by atoms with Crippen molar-refractivity contribution >= 4 is 39.6 Å². The van der Waals surface area contributed by atoms with Crippen molar-refractivity contribution in [1.29, 1.82) is 0 Å². The Balaban J connectivity index is 1.42. The number of anilines is 2. The van der Waals surface area contributed by atoms with Crippen LogP contribution in [-0.4, -0.2) is 61.0 Å². The van der Waals surface area contributed by atoms with Crippen LogP contribution in [0.2, 0.25) is 0 Å². The minimum Gasteiger partial charge on any atom is -0.462 e.